The second-order valence-corrected chi connectivity index (χ2v) is 8.39. The Kier molecular flexibility index (Phi) is 9.33. The molecule has 9 heteroatoms. The number of hydrogen-bond acceptors (Lipinski definition) is 5. The molecular formula is C22H25FN2O5S. The van der Waals surface area contributed by atoms with Crippen molar-refractivity contribution < 1.29 is 27.7 Å². The fraction of sp³-hybridized carbons (Fsp3) is 0.318. The van der Waals surface area contributed by atoms with Crippen molar-refractivity contribution in [2.45, 2.75) is 36.7 Å². The number of carbonyl (C=O) groups is 3. The third-order valence-corrected chi connectivity index (χ3v) is 5.85. The number of rotatable bonds is 10. The molecule has 0 spiro atoms. The maximum atomic E-state index is 13.1. The number of ether oxygens (including phenoxy) is 1. The summed E-state index contributed by atoms with van der Waals surface area (Å²) in [6.07, 6.45) is 0.193. The van der Waals surface area contributed by atoms with Crippen LogP contribution < -0.4 is 10.6 Å². The average Bonchev–Trinajstić information content (AvgIpc) is 2.77. The number of methoxy groups -OCH3 is 1. The molecule has 0 aliphatic carbocycles. The Morgan fingerprint density at radius 2 is 1.65 bits per heavy atom. The molecule has 0 saturated carbocycles. The summed E-state index contributed by atoms with van der Waals surface area (Å²) in [5, 5.41) is 5.11. The van der Waals surface area contributed by atoms with Crippen LogP contribution >= 0.6 is 0 Å². The Bertz CT molecular complexity index is 921. The molecule has 2 aromatic rings. The van der Waals surface area contributed by atoms with Crippen LogP contribution in [0.1, 0.15) is 18.9 Å². The van der Waals surface area contributed by atoms with Crippen molar-refractivity contribution >= 4 is 28.6 Å². The molecule has 0 saturated heterocycles. The van der Waals surface area contributed by atoms with Crippen LogP contribution in [0, 0.1) is 5.82 Å². The Balaban J connectivity index is 2.07. The highest BCUT2D eigenvalue weighted by molar-refractivity contribution is 7.85. The smallest absolute Gasteiger partial charge is 0.328 e. The molecule has 0 aromatic heterocycles. The normalized spacial score (nSPS) is 13.5. The number of hydrogen-bond donors (Lipinski definition) is 2. The maximum Gasteiger partial charge on any atom is 0.328 e. The first-order valence-corrected chi connectivity index (χ1v) is 10.9. The molecule has 0 aliphatic heterocycles. The minimum Gasteiger partial charge on any atom is -0.467 e. The largest absolute Gasteiger partial charge is 0.467 e. The molecule has 0 unspecified atom stereocenters. The molecule has 2 amide bonds. The van der Waals surface area contributed by atoms with E-state index in [0.29, 0.717) is 10.5 Å². The van der Waals surface area contributed by atoms with Crippen molar-refractivity contribution in [3.05, 3.63) is 66.0 Å². The molecule has 166 valence electrons. The zero-order valence-electron chi connectivity index (χ0n) is 17.3. The van der Waals surface area contributed by atoms with E-state index in [1.165, 1.54) is 38.3 Å². The molecule has 31 heavy (non-hydrogen) atoms. The molecule has 3 atom stereocenters. The van der Waals surface area contributed by atoms with Crippen molar-refractivity contribution in [2.24, 2.45) is 0 Å². The van der Waals surface area contributed by atoms with Crippen molar-refractivity contribution in [2.75, 3.05) is 12.9 Å². The summed E-state index contributed by atoms with van der Waals surface area (Å²) in [6, 6.07) is 12.3. The van der Waals surface area contributed by atoms with Gasteiger partial charge in [0.1, 0.15) is 17.9 Å². The van der Waals surface area contributed by atoms with Gasteiger partial charge in [-0.2, -0.15) is 0 Å². The first-order valence-electron chi connectivity index (χ1n) is 9.63. The summed E-state index contributed by atoms with van der Waals surface area (Å²) in [7, 11) is -0.161. The van der Waals surface area contributed by atoms with E-state index in [-0.39, 0.29) is 18.6 Å². The summed E-state index contributed by atoms with van der Waals surface area (Å²) in [5.74, 6) is -1.99. The van der Waals surface area contributed by atoms with Crippen LogP contribution in [0.5, 0.6) is 0 Å². The third-order valence-electron chi connectivity index (χ3n) is 4.45. The van der Waals surface area contributed by atoms with Gasteiger partial charge in [0.15, 0.2) is 0 Å². The average molecular weight is 449 g/mol. The van der Waals surface area contributed by atoms with E-state index in [1.54, 1.807) is 24.3 Å². The number of benzene rings is 2. The van der Waals surface area contributed by atoms with Gasteiger partial charge in [-0.3, -0.25) is 13.8 Å². The van der Waals surface area contributed by atoms with Gasteiger partial charge in [-0.1, -0.05) is 30.3 Å². The number of esters is 1. The summed E-state index contributed by atoms with van der Waals surface area (Å²) in [5.41, 5.74) is 0.634. The summed E-state index contributed by atoms with van der Waals surface area (Å²) >= 11 is 0. The van der Waals surface area contributed by atoms with Crippen molar-refractivity contribution in [1.29, 1.82) is 0 Å². The van der Waals surface area contributed by atoms with Crippen LogP contribution in [0.3, 0.4) is 0 Å². The van der Waals surface area contributed by atoms with Crippen molar-refractivity contribution in [3.63, 3.8) is 0 Å². The standard InChI is InChI=1S/C22H25FN2O5S/c1-15(26)24-20(14-16-8-10-17(23)11-9-16)21(27)25-19(22(28)30-2)12-13-31(29)18-6-4-3-5-7-18/h3-11,19-20H,12-14H2,1-2H3,(H,24,26)(H,25,27)/t19-,20+,31-/m0/s1. The van der Waals surface area contributed by atoms with Gasteiger partial charge in [0, 0.05) is 24.0 Å². The Morgan fingerprint density at radius 3 is 2.23 bits per heavy atom. The van der Waals surface area contributed by atoms with Gasteiger partial charge in [0.05, 0.1) is 17.9 Å². The van der Waals surface area contributed by atoms with Gasteiger partial charge < -0.3 is 15.4 Å². The first-order chi connectivity index (χ1) is 14.8. The molecular weight excluding hydrogens is 423 g/mol. The highest BCUT2D eigenvalue weighted by Crippen LogP contribution is 2.10. The highest BCUT2D eigenvalue weighted by atomic mass is 32.2. The lowest BCUT2D eigenvalue weighted by molar-refractivity contribution is -0.145. The van der Waals surface area contributed by atoms with Crippen molar-refractivity contribution in [1.82, 2.24) is 10.6 Å². The van der Waals surface area contributed by atoms with Crippen LogP contribution in [0.2, 0.25) is 0 Å². The van der Waals surface area contributed by atoms with Gasteiger partial charge >= 0.3 is 5.97 Å². The fourth-order valence-electron chi connectivity index (χ4n) is 2.89. The maximum absolute atomic E-state index is 13.1. The molecule has 0 heterocycles. The van der Waals surface area contributed by atoms with E-state index in [4.69, 9.17) is 4.74 Å². The van der Waals surface area contributed by atoms with E-state index < -0.39 is 46.5 Å². The van der Waals surface area contributed by atoms with Gasteiger partial charge in [-0.05, 0) is 36.2 Å². The molecule has 0 bridgehead atoms. The number of halogens is 1. The van der Waals surface area contributed by atoms with E-state index in [1.807, 2.05) is 6.07 Å². The monoisotopic (exact) mass is 448 g/mol. The molecule has 2 N–H and O–H groups in total. The van der Waals surface area contributed by atoms with Crippen LogP contribution in [0.15, 0.2) is 59.5 Å². The number of amides is 2. The Morgan fingerprint density at radius 1 is 1.00 bits per heavy atom. The van der Waals surface area contributed by atoms with E-state index in [0.717, 1.165) is 0 Å². The lowest BCUT2D eigenvalue weighted by Crippen LogP contribution is -2.52. The topological polar surface area (TPSA) is 102 Å². The van der Waals surface area contributed by atoms with E-state index >= 15 is 0 Å². The molecule has 0 aliphatic rings. The fourth-order valence-corrected chi connectivity index (χ4v) is 4.04. The van der Waals surface area contributed by atoms with Gasteiger partial charge in [0.2, 0.25) is 11.8 Å². The molecule has 2 rings (SSSR count). The van der Waals surface area contributed by atoms with Gasteiger partial charge in [-0.15, -0.1) is 0 Å². The Labute approximate surface area is 182 Å². The van der Waals surface area contributed by atoms with E-state index in [9.17, 15) is 23.0 Å². The Hall–Kier alpha value is -3.07. The zero-order valence-corrected chi connectivity index (χ0v) is 18.1. The van der Waals surface area contributed by atoms with Crippen molar-refractivity contribution in [3.8, 4) is 0 Å². The third kappa shape index (κ3) is 7.93. The first kappa shape index (κ1) is 24.2. The molecule has 2 aromatic carbocycles. The number of nitrogens with one attached hydrogen (secondary N) is 2. The summed E-state index contributed by atoms with van der Waals surface area (Å²) in [6.45, 7) is 1.27. The van der Waals surface area contributed by atoms with Crippen LogP contribution in [0.25, 0.3) is 0 Å². The predicted molar refractivity (Wildman–Crippen MR) is 114 cm³/mol. The summed E-state index contributed by atoms with van der Waals surface area (Å²) < 4.78 is 30.4. The van der Waals surface area contributed by atoms with E-state index in [2.05, 4.69) is 10.6 Å². The minimum absolute atomic E-state index is 0.0866. The number of carbonyl (C=O) groups excluding carboxylic acids is 3. The highest BCUT2D eigenvalue weighted by Gasteiger charge is 2.27. The summed E-state index contributed by atoms with van der Waals surface area (Å²) in [4.78, 5) is 37.2. The quantitative estimate of drug-likeness (QED) is 0.539. The van der Waals surface area contributed by atoms with Crippen LogP contribution in [-0.2, 0) is 36.3 Å². The minimum atomic E-state index is -1.36. The zero-order chi connectivity index (χ0) is 22.8. The van der Waals surface area contributed by atoms with Gasteiger partial charge in [0.25, 0.3) is 0 Å². The second-order valence-electron chi connectivity index (χ2n) is 6.82. The molecule has 0 radical (unpaired) electrons. The molecule has 0 fully saturated rings. The van der Waals surface area contributed by atoms with Crippen LogP contribution in [0.4, 0.5) is 4.39 Å². The predicted octanol–water partition coefficient (Wildman–Crippen LogP) is 1.73. The SMILES string of the molecule is COC(=O)[C@H](CC[S@](=O)c1ccccc1)NC(=O)[C@@H](Cc1ccc(F)cc1)NC(C)=O. The molecule has 7 nitrogen and oxygen atoms in total. The second kappa shape index (κ2) is 11.9. The van der Waals surface area contributed by atoms with Crippen LogP contribution in [-0.4, -0.2) is 46.9 Å². The van der Waals surface area contributed by atoms with Gasteiger partial charge in [-0.25, -0.2) is 9.18 Å². The lowest BCUT2D eigenvalue weighted by atomic mass is 10.0. The lowest BCUT2D eigenvalue weighted by Gasteiger charge is -2.22.